The summed E-state index contributed by atoms with van der Waals surface area (Å²) in [5.41, 5.74) is 2.04. The molecule has 0 amide bonds. The smallest absolute Gasteiger partial charge is 0.337 e. The lowest BCUT2D eigenvalue weighted by Gasteiger charge is -2.11. The van der Waals surface area contributed by atoms with E-state index in [1.165, 1.54) is 24.9 Å². The van der Waals surface area contributed by atoms with Gasteiger partial charge in [-0.25, -0.2) is 9.78 Å². The lowest BCUT2D eigenvalue weighted by molar-refractivity contribution is 0.0600. The molecule has 1 aromatic heterocycles. The van der Waals surface area contributed by atoms with E-state index in [9.17, 15) is 9.59 Å². The second-order valence-electron chi connectivity index (χ2n) is 4.50. The first kappa shape index (κ1) is 15.3. The Kier molecular flexibility index (Phi) is 4.80. The summed E-state index contributed by atoms with van der Waals surface area (Å²) in [6, 6.07) is 8.51. The van der Waals surface area contributed by atoms with E-state index in [0.717, 1.165) is 5.56 Å². The van der Waals surface area contributed by atoms with Gasteiger partial charge >= 0.3 is 5.97 Å². The van der Waals surface area contributed by atoms with Crippen molar-refractivity contribution in [2.24, 2.45) is 0 Å². The minimum absolute atomic E-state index is 0.0797. The summed E-state index contributed by atoms with van der Waals surface area (Å²) in [6.07, 6.45) is 1.89. The van der Waals surface area contributed by atoms with Gasteiger partial charge in [0.15, 0.2) is 5.16 Å². The number of rotatable bonds is 4. The second-order valence-corrected chi connectivity index (χ2v) is 5.27. The molecule has 0 atom stereocenters. The van der Waals surface area contributed by atoms with Crippen LogP contribution in [0.1, 0.15) is 21.6 Å². The number of ether oxygens (including phenoxy) is 1. The number of nitrogens with zero attached hydrogens (tertiary/aromatic N) is 2. The number of thioether (sulfide) groups is 1. The predicted octanol–water partition coefficient (Wildman–Crippen LogP) is 2.11. The highest BCUT2D eigenvalue weighted by Gasteiger charge is 2.08. The van der Waals surface area contributed by atoms with Gasteiger partial charge < -0.3 is 4.74 Å². The molecule has 0 N–H and O–H groups in total. The molecule has 0 saturated carbocycles. The van der Waals surface area contributed by atoms with Crippen molar-refractivity contribution in [2.75, 3.05) is 13.4 Å². The van der Waals surface area contributed by atoms with Crippen LogP contribution in [0, 0.1) is 6.92 Å². The maximum Gasteiger partial charge on any atom is 0.337 e. The van der Waals surface area contributed by atoms with Crippen molar-refractivity contribution >= 4 is 17.7 Å². The molecule has 0 radical (unpaired) electrons. The number of methoxy groups -OCH3 is 1. The Hall–Kier alpha value is -2.08. The normalized spacial score (nSPS) is 10.4. The van der Waals surface area contributed by atoms with Crippen molar-refractivity contribution in [3.63, 3.8) is 0 Å². The van der Waals surface area contributed by atoms with Crippen LogP contribution in [0.15, 0.2) is 40.3 Å². The standard InChI is InChI=1S/C15H16N2O3S/c1-10-8-13(18)17(15(16-10)21-3)9-11-4-6-12(7-5-11)14(19)20-2/h4-8H,9H2,1-3H3. The molecule has 2 rings (SSSR count). The van der Waals surface area contributed by atoms with Gasteiger partial charge in [0.2, 0.25) is 0 Å². The van der Waals surface area contributed by atoms with Crippen molar-refractivity contribution in [3.8, 4) is 0 Å². The predicted molar refractivity (Wildman–Crippen MR) is 81.9 cm³/mol. The molecular formula is C15H16N2O3S. The van der Waals surface area contributed by atoms with Crippen LogP contribution >= 0.6 is 11.8 Å². The molecule has 1 heterocycles. The summed E-state index contributed by atoms with van der Waals surface area (Å²) in [6.45, 7) is 2.22. The first-order valence-corrected chi connectivity index (χ1v) is 7.57. The van der Waals surface area contributed by atoms with E-state index in [1.807, 2.05) is 18.4 Å². The van der Waals surface area contributed by atoms with Crippen molar-refractivity contribution in [3.05, 3.63) is 57.5 Å². The summed E-state index contributed by atoms with van der Waals surface area (Å²) >= 11 is 1.43. The van der Waals surface area contributed by atoms with Gasteiger partial charge in [-0.2, -0.15) is 0 Å². The summed E-state index contributed by atoms with van der Waals surface area (Å²) in [5.74, 6) is -0.375. The number of esters is 1. The Balaban J connectivity index is 2.30. The third kappa shape index (κ3) is 3.52. The van der Waals surface area contributed by atoms with Gasteiger partial charge in [0.25, 0.3) is 5.56 Å². The zero-order chi connectivity index (χ0) is 15.4. The Labute approximate surface area is 127 Å². The highest BCUT2D eigenvalue weighted by atomic mass is 32.2. The minimum atomic E-state index is -0.375. The first-order valence-electron chi connectivity index (χ1n) is 6.35. The molecule has 0 spiro atoms. The Bertz CT molecular complexity index is 708. The first-order chi connectivity index (χ1) is 10.0. The van der Waals surface area contributed by atoms with Crippen LogP contribution in [0.2, 0.25) is 0 Å². The van der Waals surface area contributed by atoms with E-state index in [2.05, 4.69) is 9.72 Å². The van der Waals surface area contributed by atoms with E-state index in [1.54, 1.807) is 23.6 Å². The molecule has 5 nitrogen and oxygen atoms in total. The monoisotopic (exact) mass is 304 g/mol. The molecule has 0 aliphatic carbocycles. The molecule has 0 aliphatic heterocycles. The number of carbonyl (C=O) groups is 1. The van der Waals surface area contributed by atoms with E-state index in [-0.39, 0.29) is 11.5 Å². The molecule has 0 bridgehead atoms. The molecule has 0 fully saturated rings. The molecule has 0 aliphatic rings. The summed E-state index contributed by atoms with van der Waals surface area (Å²) in [5, 5.41) is 0.678. The largest absolute Gasteiger partial charge is 0.465 e. The number of hydrogen-bond acceptors (Lipinski definition) is 5. The molecule has 0 unspecified atom stereocenters. The van der Waals surface area contributed by atoms with E-state index >= 15 is 0 Å². The molecule has 21 heavy (non-hydrogen) atoms. The highest BCUT2D eigenvalue weighted by Crippen LogP contribution is 2.13. The zero-order valence-electron chi connectivity index (χ0n) is 12.1. The van der Waals surface area contributed by atoms with Gasteiger partial charge in [0.05, 0.1) is 19.2 Å². The van der Waals surface area contributed by atoms with E-state index in [0.29, 0.717) is 23.0 Å². The molecule has 6 heteroatoms. The summed E-state index contributed by atoms with van der Waals surface area (Å²) < 4.78 is 6.27. The second kappa shape index (κ2) is 6.58. The number of carbonyl (C=O) groups excluding carboxylic acids is 1. The van der Waals surface area contributed by atoms with E-state index in [4.69, 9.17) is 0 Å². The number of aromatic nitrogens is 2. The van der Waals surface area contributed by atoms with Crippen molar-refractivity contribution in [2.45, 2.75) is 18.6 Å². The van der Waals surface area contributed by atoms with Crippen LogP contribution in [0.3, 0.4) is 0 Å². The van der Waals surface area contributed by atoms with Gasteiger partial charge in [-0.05, 0) is 30.9 Å². The molecule has 0 saturated heterocycles. The average molecular weight is 304 g/mol. The quantitative estimate of drug-likeness (QED) is 0.492. The van der Waals surface area contributed by atoms with Gasteiger partial charge in [-0.1, -0.05) is 23.9 Å². The maximum atomic E-state index is 12.1. The third-order valence-electron chi connectivity index (χ3n) is 3.00. The van der Waals surface area contributed by atoms with Crippen molar-refractivity contribution in [1.29, 1.82) is 0 Å². The maximum absolute atomic E-state index is 12.1. The summed E-state index contributed by atoms with van der Waals surface area (Å²) in [4.78, 5) is 27.8. The van der Waals surface area contributed by atoms with Crippen LogP contribution in [0.4, 0.5) is 0 Å². The van der Waals surface area contributed by atoms with Crippen molar-refractivity contribution in [1.82, 2.24) is 9.55 Å². The fourth-order valence-corrected chi connectivity index (χ4v) is 2.55. The highest BCUT2D eigenvalue weighted by molar-refractivity contribution is 7.98. The molecule has 1 aromatic carbocycles. The van der Waals surface area contributed by atoms with Gasteiger partial charge in [-0.3, -0.25) is 9.36 Å². The van der Waals surface area contributed by atoms with Crippen LogP contribution in [0.25, 0.3) is 0 Å². The molecular weight excluding hydrogens is 288 g/mol. The third-order valence-corrected chi connectivity index (χ3v) is 3.68. The van der Waals surface area contributed by atoms with Crippen LogP contribution in [0.5, 0.6) is 0 Å². The lowest BCUT2D eigenvalue weighted by atomic mass is 10.1. The Morgan fingerprint density at radius 1 is 1.33 bits per heavy atom. The molecule has 2 aromatic rings. The average Bonchev–Trinajstić information content (AvgIpc) is 2.49. The Morgan fingerprint density at radius 2 is 2.00 bits per heavy atom. The Morgan fingerprint density at radius 3 is 2.57 bits per heavy atom. The molecule has 110 valence electrons. The number of benzene rings is 1. The SMILES string of the molecule is COC(=O)c1ccc(Cn2c(SC)nc(C)cc2=O)cc1. The van der Waals surface area contributed by atoms with Gasteiger partial charge in [0.1, 0.15) is 0 Å². The fraction of sp³-hybridized carbons (Fsp3) is 0.267. The van der Waals surface area contributed by atoms with E-state index < -0.39 is 0 Å². The number of aryl methyl sites for hydroxylation is 1. The fourth-order valence-electron chi connectivity index (χ4n) is 1.94. The topological polar surface area (TPSA) is 61.2 Å². The number of hydrogen-bond donors (Lipinski definition) is 0. The minimum Gasteiger partial charge on any atom is -0.465 e. The van der Waals surface area contributed by atoms with Crippen molar-refractivity contribution < 1.29 is 9.53 Å². The summed E-state index contributed by atoms with van der Waals surface area (Å²) in [7, 11) is 1.35. The van der Waals surface area contributed by atoms with Gasteiger partial charge in [-0.15, -0.1) is 0 Å². The van der Waals surface area contributed by atoms with Gasteiger partial charge in [0, 0.05) is 11.8 Å². The van der Waals surface area contributed by atoms with Crippen LogP contribution in [-0.2, 0) is 11.3 Å². The lowest BCUT2D eigenvalue weighted by Crippen LogP contribution is -2.23. The zero-order valence-corrected chi connectivity index (χ0v) is 12.9. The van der Waals surface area contributed by atoms with Crippen LogP contribution < -0.4 is 5.56 Å². The van der Waals surface area contributed by atoms with Crippen LogP contribution in [-0.4, -0.2) is 28.9 Å².